The Morgan fingerprint density at radius 1 is 1.53 bits per heavy atom. The van der Waals surface area contributed by atoms with E-state index in [9.17, 15) is 0 Å². The molecule has 0 radical (unpaired) electrons. The monoisotopic (exact) mass is 214 g/mol. The van der Waals surface area contributed by atoms with Crippen molar-refractivity contribution >= 4 is 0 Å². The molecular weight excluding hydrogens is 188 g/mol. The third-order valence-electron chi connectivity index (χ3n) is 3.52. The third kappa shape index (κ3) is 3.74. The fourth-order valence-electron chi connectivity index (χ4n) is 2.36. The van der Waals surface area contributed by atoms with Crippen LogP contribution in [0.15, 0.2) is 0 Å². The van der Waals surface area contributed by atoms with E-state index in [0.717, 1.165) is 24.9 Å². The summed E-state index contributed by atoms with van der Waals surface area (Å²) in [6.07, 6.45) is 3.51. The summed E-state index contributed by atoms with van der Waals surface area (Å²) >= 11 is 0. The fourth-order valence-corrected chi connectivity index (χ4v) is 2.36. The summed E-state index contributed by atoms with van der Waals surface area (Å²) in [5.41, 5.74) is 5.53. The Morgan fingerprint density at radius 3 is 2.73 bits per heavy atom. The van der Waals surface area contributed by atoms with Crippen molar-refractivity contribution < 1.29 is 5.11 Å². The van der Waals surface area contributed by atoms with Gasteiger partial charge in [-0.25, -0.2) is 0 Å². The Hall–Kier alpha value is -0.120. The van der Waals surface area contributed by atoms with Gasteiger partial charge in [0.15, 0.2) is 0 Å². The molecule has 15 heavy (non-hydrogen) atoms. The molecule has 1 fully saturated rings. The minimum absolute atomic E-state index is 0.0766. The van der Waals surface area contributed by atoms with Crippen molar-refractivity contribution in [1.82, 2.24) is 4.90 Å². The Morgan fingerprint density at radius 2 is 2.20 bits per heavy atom. The molecule has 0 saturated carbocycles. The van der Waals surface area contributed by atoms with E-state index >= 15 is 0 Å². The molecule has 0 spiro atoms. The number of aliphatic hydroxyl groups is 1. The van der Waals surface area contributed by atoms with Gasteiger partial charge in [-0.15, -0.1) is 0 Å². The van der Waals surface area contributed by atoms with Gasteiger partial charge in [0.2, 0.25) is 0 Å². The molecule has 3 nitrogen and oxygen atoms in total. The van der Waals surface area contributed by atoms with E-state index in [2.05, 4.69) is 18.7 Å². The molecule has 3 N–H and O–H groups in total. The molecule has 0 aromatic heterocycles. The van der Waals surface area contributed by atoms with Crippen LogP contribution in [0.4, 0.5) is 0 Å². The van der Waals surface area contributed by atoms with E-state index in [0.29, 0.717) is 0 Å². The predicted molar refractivity (Wildman–Crippen MR) is 63.7 cm³/mol. The first kappa shape index (κ1) is 12.9. The quantitative estimate of drug-likeness (QED) is 0.723. The van der Waals surface area contributed by atoms with Crippen molar-refractivity contribution in [2.24, 2.45) is 11.7 Å². The van der Waals surface area contributed by atoms with Gasteiger partial charge in [0.05, 0.1) is 6.61 Å². The van der Waals surface area contributed by atoms with Gasteiger partial charge in [0.25, 0.3) is 0 Å². The zero-order valence-corrected chi connectivity index (χ0v) is 10.4. The van der Waals surface area contributed by atoms with Crippen LogP contribution in [0.3, 0.4) is 0 Å². The number of nitrogens with two attached hydrogens (primary N) is 1. The summed E-state index contributed by atoms with van der Waals surface area (Å²) in [4.78, 5) is 2.53. The Bertz CT molecular complexity index is 192. The van der Waals surface area contributed by atoms with Crippen LogP contribution in [0.1, 0.15) is 40.0 Å². The molecule has 0 aliphatic carbocycles. The molecule has 3 heteroatoms. The molecule has 1 rings (SSSR count). The van der Waals surface area contributed by atoms with Crippen molar-refractivity contribution in [1.29, 1.82) is 0 Å². The lowest BCUT2D eigenvalue weighted by Gasteiger charge is -2.31. The topological polar surface area (TPSA) is 49.5 Å². The van der Waals surface area contributed by atoms with Crippen molar-refractivity contribution in [3.8, 4) is 0 Å². The maximum Gasteiger partial charge on any atom is 0.0608 e. The zero-order chi connectivity index (χ0) is 11.5. The van der Waals surface area contributed by atoms with Crippen LogP contribution in [0.2, 0.25) is 0 Å². The number of nitrogens with zero attached hydrogens (tertiary/aromatic N) is 1. The molecule has 1 aliphatic rings. The van der Waals surface area contributed by atoms with E-state index in [1.807, 2.05) is 6.92 Å². The molecule has 2 atom stereocenters. The SMILES string of the molecule is CC(C)C1CCCN1CCC(C)(N)CO. The summed E-state index contributed by atoms with van der Waals surface area (Å²) in [7, 11) is 0. The number of rotatable bonds is 5. The number of hydrogen-bond donors (Lipinski definition) is 2. The van der Waals surface area contributed by atoms with Crippen molar-refractivity contribution in [3.63, 3.8) is 0 Å². The van der Waals surface area contributed by atoms with E-state index < -0.39 is 5.54 Å². The summed E-state index contributed by atoms with van der Waals surface area (Å²) in [5, 5.41) is 9.10. The molecule has 2 unspecified atom stereocenters. The zero-order valence-electron chi connectivity index (χ0n) is 10.4. The maximum absolute atomic E-state index is 9.10. The van der Waals surface area contributed by atoms with Crippen LogP contribution >= 0.6 is 0 Å². The molecule has 0 amide bonds. The predicted octanol–water partition coefficient (Wildman–Crippen LogP) is 1.21. The summed E-state index contributed by atoms with van der Waals surface area (Å²) in [5.74, 6) is 0.727. The first-order valence-electron chi connectivity index (χ1n) is 6.10. The standard InChI is InChI=1S/C12H26N2O/c1-10(2)11-5-4-7-14(11)8-6-12(3,13)9-15/h10-11,15H,4-9,13H2,1-3H3. The van der Waals surface area contributed by atoms with Crippen LogP contribution in [-0.2, 0) is 0 Å². The lowest BCUT2D eigenvalue weighted by Crippen LogP contribution is -2.45. The van der Waals surface area contributed by atoms with E-state index in [4.69, 9.17) is 10.8 Å². The van der Waals surface area contributed by atoms with Crippen molar-refractivity contribution in [2.45, 2.75) is 51.6 Å². The normalized spacial score (nSPS) is 27.2. The van der Waals surface area contributed by atoms with Gasteiger partial charge in [-0.3, -0.25) is 0 Å². The lowest BCUT2D eigenvalue weighted by atomic mass is 9.98. The highest BCUT2D eigenvalue weighted by Gasteiger charge is 2.28. The van der Waals surface area contributed by atoms with Gasteiger partial charge in [0, 0.05) is 18.1 Å². The first-order valence-corrected chi connectivity index (χ1v) is 6.10. The minimum atomic E-state index is -0.413. The highest BCUT2D eigenvalue weighted by atomic mass is 16.3. The fraction of sp³-hybridized carbons (Fsp3) is 1.00. The van der Waals surface area contributed by atoms with E-state index in [1.54, 1.807) is 0 Å². The van der Waals surface area contributed by atoms with Crippen LogP contribution in [0.25, 0.3) is 0 Å². The molecule has 1 aliphatic heterocycles. The highest BCUT2D eigenvalue weighted by Crippen LogP contribution is 2.24. The Labute approximate surface area is 93.6 Å². The molecule has 1 saturated heterocycles. The molecule has 0 bridgehead atoms. The smallest absolute Gasteiger partial charge is 0.0608 e. The second kappa shape index (κ2) is 5.28. The highest BCUT2D eigenvalue weighted by molar-refractivity contribution is 4.85. The Balaban J connectivity index is 2.38. The van der Waals surface area contributed by atoms with E-state index in [-0.39, 0.29) is 6.61 Å². The van der Waals surface area contributed by atoms with Crippen LogP contribution in [0, 0.1) is 5.92 Å². The van der Waals surface area contributed by atoms with Gasteiger partial charge < -0.3 is 15.7 Å². The van der Waals surface area contributed by atoms with E-state index in [1.165, 1.54) is 19.4 Å². The lowest BCUT2D eigenvalue weighted by molar-refractivity contribution is 0.155. The largest absolute Gasteiger partial charge is 0.394 e. The van der Waals surface area contributed by atoms with Gasteiger partial charge in [0.1, 0.15) is 0 Å². The average molecular weight is 214 g/mol. The minimum Gasteiger partial charge on any atom is -0.394 e. The van der Waals surface area contributed by atoms with Gasteiger partial charge in [-0.05, 0) is 38.6 Å². The number of aliphatic hydroxyl groups excluding tert-OH is 1. The molecule has 1 heterocycles. The average Bonchev–Trinajstić information content (AvgIpc) is 2.63. The maximum atomic E-state index is 9.10. The Kier molecular flexibility index (Phi) is 4.56. The van der Waals surface area contributed by atoms with Crippen LogP contribution in [0.5, 0.6) is 0 Å². The first-order chi connectivity index (χ1) is 6.96. The summed E-state index contributed by atoms with van der Waals surface area (Å²) in [6.45, 7) is 8.80. The third-order valence-corrected chi connectivity index (χ3v) is 3.52. The van der Waals surface area contributed by atoms with Crippen LogP contribution < -0.4 is 5.73 Å². The second-order valence-electron chi connectivity index (χ2n) is 5.55. The molecular formula is C12H26N2O. The number of likely N-dealkylation sites (tertiary alicyclic amines) is 1. The van der Waals surface area contributed by atoms with Crippen LogP contribution in [-0.4, -0.2) is 41.3 Å². The van der Waals surface area contributed by atoms with Crippen molar-refractivity contribution in [3.05, 3.63) is 0 Å². The van der Waals surface area contributed by atoms with Crippen molar-refractivity contribution in [2.75, 3.05) is 19.7 Å². The summed E-state index contributed by atoms with van der Waals surface area (Å²) < 4.78 is 0. The molecule has 0 aromatic carbocycles. The van der Waals surface area contributed by atoms with Gasteiger partial charge >= 0.3 is 0 Å². The molecule has 90 valence electrons. The second-order valence-corrected chi connectivity index (χ2v) is 5.55. The van der Waals surface area contributed by atoms with Gasteiger partial charge in [-0.1, -0.05) is 13.8 Å². The summed E-state index contributed by atoms with van der Waals surface area (Å²) in [6, 6.07) is 0.722. The molecule has 0 aromatic rings. The number of hydrogen-bond acceptors (Lipinski definition) is 3. The van der Waals surface area contributed by atoms with Gasteiger partial charge in [-0.2, -0.15) is 0 Å².